The van der Waals surface area contributed by atoms with E-state index in [9.17, 15) is 9.59 Å². The van der Waals surface area contributed by atoms with E-state index >= 15 is 0 Å². The van der Waals surface area contributed by atoms with Crippen molar-refractivity contribution < 1.29 is 14.3 Å². The number of benzene rings is 2. The molecule has 7 heteroatoms. The van der Waals surface area contributed by atoms with Gasteiger partial charge in [-0.15, -0.1) is 0 Å². The van der Waals surface area contributed by atoms with E-state index < -0.39 is 5.25 Å². The quantitative estimate of drug-likeness (QED) is 0.758. The number of nitrogens with zero attached hydrogens (tertiary/aromatic N) is 2. The van der Waals surface area contributed by atoms with Crippen molar-refractivity contribution in [1.29, 1.82) is 0 Å². The van der Waals surface area contributed by atoms with Gasteiger partial charge in [0, 0.05) is 18.7 Å². The standard InChI is InChI=1S/C23H25N3O3S/c1-16-9-11-18(12-10-16)24-21(27)14-20-22(28)26(15-19-8-5-13-29-19)23(30-20)25-17-6-3-2-4-7-17/h2-4,6-7,9-12,19-20H,5,8,13-15H2,1H3,(H,24,27)/t19-,20-/m1/s1. The molecule has 30 heavy (non-hydrogen) atoms. The van der Waals surface area contributed by atoms with Crippen molar-refractivity contribution in [3.05, 3.63) is 60.2 Å². The molecule has 1 N–H and O–H groups in total. The summed E-state index contributed by atoms with van der Waals surface area (Å²) < 4.78 is 5.73. The van der Waals surface area contributed by atoms with Crippen molar-refractivity contribution in [3.63, 3.8) is 0 Å². The first-order valence-corrected chi connectivity index (χ1v) is 11.1. The molecule has 2 amide bonds. The van der Waals surface area contributed by atoms with Crippen LogP contribution in [0.3, 0.4) is 0 Å². The van der Waals surface area contributed by atoms with Gasteiger partial charge in [0.2, 0.25) is 11.8 Å². The minimum Gasteiger partial charge on any atom is -0.376 e. The van der Waals surface area contributed by atoms with Gasteiger partial charge in [0.25, 0.3) is 0 Å². The maximum Gasteiger partial charge on any atom is 0.242 e. The molecule has 0 aliphatic carbocycles. The average Bonchev–Trinajstić information content (AvgIpc) is 3.35. The number of hydrogen-bond acceptors (Lipinski definition) is 5. The van der Waals surface area contributed by atoms with Crippen LogP contribution in [-0.4, -0.2) is 46.4 Å². The Bertz CT molecular complexity index is 924. The summed E-state index contributed by atoms with van der Waals surface area (Å²) in [6.07, 6.45) is 2.07. The van der Waals surface area contributed by atoms with Crippen molar-refractivity contribution in [3.8, 4) is 0 Å². The molecule has 2 aliphatic rings. The molecule has 2 aliphatic heterocycles. The topological polar surface area (TPSA) is 71.0 Å². The van der Waals surface area contributed by atoms with Crippen LogP contribution in [0.15, 0.2) is 59.6 Å². The summed E-state index contributed by atoms with van der Waals surface area (Å²) in [6.45, 7) is 3.21. The molecule has 0 radical (unpaired) electrons. The minimum absolute atomic E-state index is 0.0238. The van der Waals surface area contributed by atoms with Crippen molar-refractivity contribution in [2.24, 2.45) is 4.99 Å². The molecule has 0 saturated carbocycles. The molecule has 2 atom stereocenters. The first kappa shape index (κ1) is 20.6. The lowest BCUT2D eigenvalue weighted by molar-refractivity contribution is -0.129. The Balaban J connectivity index is 1.47. The average molecular weight is 424 g/mol. The number of nitrogens with one attached hydrogen (secondary N) is 1. The Labute approximate surface area is 180 Å². The molecule has 2 heterocycles. The van der Waals surface area contributed by atoms with Gasteiger partial charge in [-0.3, -0.25) is 14.5 Å². The van der Waals surface area contributed by atoms with Crippen LogP contribution in [0, 0.1) is 6.92 Å². The highest BCUT2D eigenvalue weighted by atomic mass is 32.2. The first-order chi connectivity index (χ1) is 14.6. The van der Waals surface area contributed by atoms with Crippen molar-refractivity contribution in [1.82, 2.24) is 4.90 Å². The van der Waals surface area contributed by atoms with E-state index in [1.165, 1.54) is 11.8 Å². The number of aryl methyl sites for hydroxylation is 1. The zero-order chi connectivity index (χ0) is 20.9. The van der Waals surface area contributed by atoms with Crippen molar-refractivity contribution in [2.45, 2.75) is 37.5 Å². The highest BCUT2D eigenvalue weighted by molar-refractivity contribution is 8.15. The molecule has 2 saturated heterocycles. The molecule has 2 aromatic rings. The fourth-order valence-corrected chi connectivity index (χ4v) is 4.68. The third-order valence-electron chi connectivity index (χ3n) is 5.12. The van der Waals surface area contributed by atoms with Crippen molar-refractivity contribution >= 4 is 40.1 Å². The summed E-state index contributed by atoms with van der Waals surface area (Å²) in [6, 6.07) is 17.2. The Morgan fingerprint density at radius 1 is 1.20 bits per heavy atom. The largest absolute Gasteiger partial charge is 0.376 e. The number of hydrogen-bond donors (Lipinski definition) is 1. The second-order valence-electron chi connectivity index (χ2n) is 7.54. The van der Waals surface area contributed by atoms with Crippen LogP contribution in [0.5, 0.6) is 0 Å². The van der Waals surface area contributed by atoms with Gasteiger partial charge in [0.15, 0.2) is 5.17 Å². The lowest BCUT2D eigenvalue weighted by Gasteiger charge is -2.20. The SMILES string of the molecule is Cc1ccc(NC(=O)C[C@H]2SC(=Nc3ccccc3)N(C[C@H]3CCCO3)C2=O)cc1. The van der Waals surface area contributed by atoms with Gasteiger partial charge < -0.3 is 10.1 Å². The molecule has 0 bridgehead atoms. The Hall–Kier alpha value is -2.64. The minimum atomic E-state index is -0.487. The molecule has 0 spiro atoms. The van der Waals surface area contributed by atoms with Crippen LogP contribution in [0.1, 0.15) is 24.8 Å². The van der Waals surface area contributed by atoms with Crippen LogP contribution >= 0.6 is 11.8 Å². The fraction of sp³-hybridized carbons (Fsp3) is 0.348. The van der Waals surface area contributed by atoms with Crippen LogP contribution in [0.4, 0.5) is 11.4 Å². The van der Waals surface area contributed by atoms with E-state index in [1.54, 1.807) is 4.90 Å². The third kappa shape index (κ3) is 5.09. The van der Waals surface area contributed by atoms with Gasteiger partial charge in [-0.1, -0.05) is 47.7 Å². The lowest BCUT2D eigenvalue weighted by Crippen LogP contribution is -2.38. The molecule has 2 fully saturated rings. The molecule has 156 valence electrons. The molecular formula is C23H25N3O3S. The summed E-state index contributed by atoms with van der Waals surface area (Å²) in [4.78, 5) is 32.0. The maximum atomic E-state index is 13.1. The molecule has 4 rings (SSSR count). The smallest absolute Gasteiger partial charge is 0.242 e. The number of anilines is 1. The number of carbonyl (C=O) groups is 2. The highest BCUT2D eigenvalue weighted by Gasteiger charge is 2.40. The second-order valence-corrected chi connectivity index (χ2v) is 8.71. The van der Waals surface area contributed by atoms with Gasteiger partial charge in [-0.2, -0.15) is 0 Å². The Kier molecular flexibility index (Phi) is 6.50. The second kappa shape index (κ2) is 9.45. The number of carbonyl (C=O) groups excluding carboxylic acids is 2. The van der Waals surface area contributed by atoms with Crippen LogP contribution in [0.2, 0.25) is 0 Å². The summed E-state index contributed by atoms with van der Waals surface area (Å²) in [5, 5.41) is 3.03. The van der Waals surface area contributed by atoms with E-state index in [4.69, 9.17) is 4.74 Å². The normalized spacial score (nSPS) is 22.6. The van der Waals surface area contributed by atoms with E-state index in [0.717, 1.165) is 36.4 Å². The third-order valence-corrected chi connectivity index (χ3v) is 6.29. The number of amides is 2. The molecular weight excluding hydrogens is 398 g/mol. The zero-order valence-electron chi connectivity index (χ0n) is 16.9. The predicted molar refractivity (Wildman–Crippen MR) is 120 cm³/mol. The monoisotopic (exact) mass is 423 g/mol. The number of ether oxygens (including phenoxy) is 1. The zero-order valence-corrected chi connectivity index (χ0v) is 17.7. The number of thioether (sulfide) groups is 1. The highest BCUT2D eigenvalue weighted by Crippen LogP contribution is 2.33. The molecule has 2 aromatic carbocycles. The Morgan fingerprint density at radius 3 is 2.67 bits per heavy atom. The van der Waals surface area contributed by atoms with Crippen LogP contribution in [-0.2, 0) is 14.3 Å². The fourth-order valence-electron chi connectivity index (χ4n) is 3.52. The first-order valence-electron chi connectivity index (χ1n) is 10.2. The van der Waals surface area contributed by atoms with E-state index in [-0.39, 0.29) is 24.3 Å². The van der Waals surface area contributed by atoms with Crippen molar-refractivity contribution in [2.75, 3.05) is 18.5 Å². The van der Waals surface area contributed by atoms with Gasteiger partial charge >= 0.3 is 0 Å². The van der Waals surface area contributed by atoms with E-state index in [1.807, 2.05) is 61.5 Å². The van der Waals surface area contributed by atoms with Gasteiger partial charge in [-0.05, 0) is 44.0 Å². The maximum absolute atomic E-state index is 13.1. The summed E-state index contributed by atoms with van der Waals surface area (Å²) >= 11 is 1.36. The Morgan fingerprint density at radius 2 is 1.97 bits per heavy atom. The van der Waals surface area contributed by atoms with Crippen LogP contribution < -0.4 is 5.32 Å². The number of para-hydroxylation sites is 1. The number of rotatable bonds is 6. The van der Waals surface area contributed by atoms with Gasteiger partial charge in [0.1, 0.15) is 5.25 Å². The summed E-state index contributed by atoms with van der Waals surface area (Å²) in [5.41, 5.74) is 2.64. The van der Waals surface area contributed by atoms with E-state index in [0.29, 0.717) is 11.7 Å². The van der Waals surface area contributed by atoms with Gasteiger partial charge in [-0.25, -0.2) is 4.99 Å². The molecule has 0 unspecified atom stereocenters. The number of amidine groups is 1. The molecule has 6 nitrogen and oxygen atoms in total. The van der Waals surface area contributed by atoms with E-state index in [2.05, 4.69) is 10.3 Å². The summed E-state index contributed by atoms with van der Waals surface area (Å²) in [5.74, 6) is -0.257. The summed E-state index contributed by atoms with van der Waals surface area (Å²) in [7, 11) is 0. The molecule has 0 aromatic heterocycles. The number of aliphatic imine (C=N–C) groups is 1. The lowest BCUT2D eigenvalue weighted by atomic mass is 10.2. The van der Waals surface area contributed by atoms with Gasteiger partial charge in [0.05, 0.1) is 18.3 Å². The van der Waals surface area contributed by atoms with Crippen LogP contribution in [0.25, 0.3) is 0 Å². The predicted octanol–water partition coefficient (Wildman–Crippen LogP) is 4.13.